The zero-order valence-corrected chi connectivity index (χ0v) is 19.4. The third kappa shape index (κ3) is 5.79. The van der Waals surface area contributed by atoms with E-state index in [0.717, 1.165) is 5.56 Å². The summed E-state index contributed by atoms with van der Waals surface area (Å²) in [4.78, 5) is 24.6. The second-order valence-corrected chi connectivity index (χ2v) is 9.84. The van der Waals surface area contributed by atoms with Crippen molar-refractivity contribution in [3.8, 4) is 5.75 Å². The molecule has 32 heavy (non-hydrogen) atoms. The first-order valence-electron chi connectivity index (χ1n) is 10.1. The first-order valence-corrected chi connectivity index (χ1v) is 11.9. The van der Waals surface area contributed by atoms with Gasteiger partial charge in [0.25, 0.3) is 5.91 Å². The third-order valence-electron chi connectivity index (χ3n) is 5.23. The predicted molar refractivity (Wildman–Crippen MR) is 120 cm³/mol. The van der Waals surface area contributed by atoms with Gasteiger partial charge in [-0.25, -0.2) is 8.42 Å². The Hall–Kier alpha value is -2.62. The van der Waals surface area contributed by atoms with Crippen LogP contribution in [0.4, 0.5) is 5.69 Å². The van der Waals surface area contributed by atoms with Crippen LogP contribution in [0.1, 0.15) is 18.4 Å². The smallest absolute Gasteiger partial charge is 0.309 e. The number of methoxy groups -OCH3 is 1. The van der Waals surface area contributed by atoms with E-state index in [1.54, 1.807) is 30.3 Å². The number of halogens is 1. The van der Waals surface area contributed by atoms with Gasteiger partial charge in [-0.05, 0) is 61.7 Å². The van der Waals surface area contributed by atoms with E-state index in [-0.39, 0.29) is 18.0 Å². The number of sulfonamides is 1. The quantitative estimate of drug-likeness (QED) is 0.610. The average molecular weight is 481 g/mol. The number of carbonyl (C=O) groups excluding carboxylic acids is 2. The summed E-state index contributed by atoms with van der Waals surface area (Å²) >= 11 is 6.09. The van der Waals surface area contributed by atoms with Crippen molar-refractivity contribution in [3.05, 3.63) is 53.1 Å². The average Bonchev–Trinajstić information content (AvgIpc) is 2.79. The van der Waals surface area contributed by atoms with E-state index in [0.29, 0.717) is 29.3 Å². The fraction of sp³-hybridized carbons (Fsp3) is 0.364. The number of carbonyl (C=O) groups is 2. The van der Waals surface area contributed by atoms with Crippen LogP contribution in [0.3, 0.4) is 0 Å². The highest BCUT2D eigenvalue weighted by Gasteiger charge is 2.33. The summed E-state index contributed by atoms with van der Waals surface area (Å²) in [6.07, 6.45) is 0.638. The minimum Gasteiger partial charge on any atom is -0.497 e. The number of nitrogens with zero attached hydrogens (tertiary/aromatic N) is 1. The number of nitrogens with one attached hydrogen (secondary N) is 1. The van der Waals surface area contributed by atoms with E-state index in [9.17, 15) is 18.0 Å². The van der Waals surface area contributed by atoms with Crippen molar-refractivity contribution < 1.29 is 27.5 Å². The van der Waals surface area contributed by atoms with Gasteiger partial charge in [-0.2, -0.15) is 4.31 Å². The molecule has 1 heterocycles. The van der Waals surface area contributed by atoms with Crippen molar-refractivity contribution in [1.82, 2.24) is 4.31 Å². The molecule has 8 nitrogen and oxygen atoms in total. The summed E-state index contributed by atoms with van der Waals surface area (Å²) in [5.41, 5.74) is 1.40. The fourth-order valence-electron chi connectivity index (χ4n) is 3.39. The second kappa shape index (κ2) is 10.3. The zero-order chi connectivity index (χ0) is 23.3. The first-order chi connectivity index (χ1) is 15.2. The molecule has 1 aliphatic heterocycles. The molecule has 2 aromatic rings. The number of anilines is 1. The number of benzene rings is 2. The molecule has 0 aliphatic carbocycles. The molecular formula is C22H25ClN2O6S. The Morgan fingerprint density at radius 3 is 2.38 bits per heavy atom. The number of ether oxygens (including phenoxy) is 2. The van der Waals surface area contributed by atoms with E-state index in [1.807, 2.05) is 6.92 Å². The van der Waals surface area contributed by atoms with E-state index in [2.05, 4.69) is 5.32 Å². The highest BCUT2D eigenvalue weighted by atomic mass is 35.5. The number of piperidine rings is 1. The maximum atomic E-state index is 12.8. The summed E-state index contributed by atoms with van der Waals surface area (Å²) in [7, 11) is -2.15. The topological polar surface area (TPSA) is 102 Å². The van der Waals surface area contributed by atoms with E-state index in [1.165, 1.54) is 23.5 Å². The van der Waals surface area contributed by atoms with Gasteiger partial charge in [-0.15, -0.1) is 0 Å². The lowest BCUT2D eigenvalue weighted by molar-refractivity contribution is -0.152. The van der Waals surface area contributed by atoms with Crippen LogP contribution in [0.15, 0.2) is 47.4 Å². The van der Waals surface area contributed by atoms with E-state index < -0.39 is 34.4 Å². The van der Waals surface area contributed by atoms with Crippen LogP contribution in [0.5, 0.6) is 5.75 Å². The summed E-state index contributed by atoms with van der Waals surface area (Å²) in [6, 6.07) is 11.4. The van der Waals surface area contributed by atoms with Gasteiger partial charge in [0.05, 0.1) is 28.6 Å². The number of rotatable bonds is 7. The lowest BCUT2D eigenvalue weighted by Crippen LogP contribution is -2.40. The van der Waals surface area contributed by atoms with E-state index >= 15 is 0 Å². The molecule has 0 bridgehead atoms. The Bertz CT molecular complexity index is 1080. The Morgan fingerprint density at radius 1 is 1.12 bits per heavy atom. The van der Waals surface area contributed by atoms with Gasteiger partial charge in [0.1, 0.15) is 5.75 Å². The van der Waals surface area contributed by atoms with Crippen molar-refractivity contribution >= 4 is 39.2 Å². The molecule has 172 valence electrons. The molecule has 1 amide bonds. The van der Waals surface area contributed by atoms with Crippen LogP contribution in [-0.2, 0) is 24.3 Å². The highest BCUT2D eigenvalue weighted by molar-refractivity contribution is 7.89. The minimum atomic E-state index is -3.65. The Labute approximate surface area is 192 Å². The molecule has 0 spiro atoms. The Balaban J connectivity index is 1.49. The van der Waals surface area contributed by atoms with Crippen LogP contribution < -0.4 is 10.1 Å². The van der Waals surface area contributed by atoms with Crippen LogP contribution in [-0.4, -0.2) is 51.4 Å². The third-order valence-corrected chi connectivity index (χ3v) is 7.45. The largest absolute Gasteiger partial charge is 0.497 e. The van der Waals surface area contributed by atoms with Crippen molar-refractivity contribution in [2.45, 2.75) is 24.7 Å². The first kappa shape index (κ1) is 24.0. The normalized spacial score (nSPS) is 15.2. The monoisotopic (exact) mass is 480 g/mol. The SMILES string of the molecule is COc1ccc(S(=O)(=O)N2CCC(C(=O)OCC(=O)Nc3ccc(C)cc3Cl)CC2)cc1. The second-order valence-electron chi connectivity index (χ2n) is 7.49. The lowest BCUT2D eigenvalue weighted by atomic mass is 9.98. The molecule has 1 fully saturated rings. The molecule has 3 rings (SSSR count). The van der Waals surface area contributed by atoms with Crippen LogP contribution in [0, 0.1) is 12.8 Å². The minimum absolute atomic E-state index is 0.172. The van der Waals surface area contributed by atoms with Crippen LogP contribution in [0.2, 0.25) is 5.02 Å². The van der Waals surface area contributed by atoms with Crippen LogP contribution >= 0.6 is 11.6 Å². The fourth-order valence-corrected chi connectivity index (χ4v) is 5.14. The standard InChI is InChI=1S/C22H25ClN2O6S/c1-15-3-8-20(19(23)13-15)24-21(26)14-31-22(27)16-9-11-25(12-10-16)32(28,29)18-6-4-17(30-2)5-7-18/h3-8,13,16H,9-12,14H2,1-2H3,(H,24,26). The molecule has 1 saturated heterocycles. The molecule has 0 aromatic heterocycles. The van der Waals surface area contributed by atoms with Gasteiger partial charge >= 0.3 is 5.97 Å². The van der Waals surface area contributed by atoms with Gasteiger partial charge in [-0.3, -0.25) is 9.59 Å². The number of hydrogen-bond donors (Lipinski definition) is 1. The number of esters is 1. The molecule has 2 aromatic carbocycles. The Morgan fingerprint density at radius 2 is 1.78 bits per heavy atom. The maximum absolute atomic E-state index is 12.8. The molecular weight excluding hydrogens is 456 g/mol. The van der Waals surface area contributed by atoms with Gasteiger partial charge in [0.15, 0.2) is 6.61 Å². The summed E-state index contributed by atoms with van der Waals surface area (Å²) in [6.45, 7) is 1.83. The summed E-state index contributed by atoms with van der Waals surface area (Å²) in [5.74, 6) is -0.910. The zero-order valence-electron chi connectivity index (χ0n) is 17.8. The molecule has 0 radical (unpaired) electrons. The number of aryl methyl sites for hydroxylation is 1. The number of hydrogen-bond acceptors (Lipinski definition) is 6. The molecule has 1 N–H and O–H groups in total. The number of amides is 1. The Kier molecular flexibility index (Phi) is 7.76. The van der Waals surface area contributed by atoms with Gasteiger partial charge < -0.3 is 14.8 Å². The predicted octanol–water partition coefficient (Wildman–Crippen LogP) is 3.24. The van der Waals surface area contributed by atoms with Crippen molar-refractivity contribution in [2.24, 2.45) is 5.92 Å². The van der Waals surface area contributed by atoms with Crippen molar-refractivity contribution in [3.63, 3.8) is 0 Å². The molecule has 0 atom stereocenters. The van der Waals surface area contributed by atoms with Gasteiger partial charge in [0, 0.05) is 13.1 Å². The molecule has 0 saturated carbocycles. The van der Waals surface area contributed by atoms with Gasteiger partial charge in [-0.1, -0.05) is 17.7 Å². The summed E-state index contributed by atoms with van der Waals surface area (Å²) < 4.78 is 37.2. The van der Waals surface area contributed by atoms with Crippen molar-refractivity contribution in [2.75, 3.05) is 32.1 Å². The molecule has 0 unspecified atom stereocenters. The summed E-state index contributed by atoms with van der Waals surface area (Å²) in [5, 5.41) is 3.00. The maximum Gasteiger partial charge on any atom is 0.309 e. The molecule has 10 heteroatoms. The van der Waals surface area contributed by atoms with E-state index in [4.69, 9.17) is 21.1 Å². The highest BCUT2D eigenvalue weighted by Crippen LogP contribution is 2.26. The van der Waals surface area contributed by atoms with Gasteiger partial charge in [0.2, 0.25) is 10.0 Å². The molecule has 1 aliphatic rings. The lowest BCUT2D eigenvalue weighted by Gasteiger charge is -2.30. The van der Waals surface area contributed by atoms with Crippen LogP contribution in [0.25, 0.3) is 0 Å². The van der Waals surface area contributed by atoms with Crippen molar-refractivity contribution in [1.29, 1.82) is 0 Å².